The van der Waals surface area contributed by atoms with Crippen LogP contribution in [0.5, 0.6) is 5.75 Å². The molecule has 0 aliphatic carbocycles. The van der Waals surface area contributed by atoms with E-state index in [1.165, 1.54) is 18.9 Å². The van der Waals surface area contributed by atoms with Gasteiger partial charge in [0.1, 0.15) is 11.6 Å². The molecule has 7 nitrogen and oxygen atoms in total. The van der Waals surface area contributed by atoms with E-state index in [1.54, 1.807) is 27.7 Å². The van der Waals surface area contributed by atoms with Crippen LogP contribution in [-0.4, -0.2) is 52.9 Å². The maximum atomic E-state index is 12.8. The minimum absolute atomic E-state index is 0. The summed E-state index contributed by atoms with van der Waals surface area (Å²) in [5.41, 5.74) is -3.26. The van der Waals surface area contributed by atoms with E-state index in [4.69, 9.17) is 37.9 Å². The maximum absolute atomic E-state index is 12.8. The molecule has 260 valence electrons. The van der Waals surface area contributed by atoms with Gasteiger partial charge in [-0.2, -0.15) is 26.3 Å². The second-order valence-electron chi connectivity index (χ2n) is 10.5. The van der Waals surface area contributed by atoms with E-state index in [9.17, 15) is 30.7 Å². The summed E-state index contributed by atoms with van der Waals surface area (Å²) in [6, 6.07) is 5.24. The van der Waals surface area contributed by atoms with Gasteiger partial charge in [-0.15, -0.1) is 0 Å². The second kappa shape index (κ2) is 23.8. The van der Waals surface area contributed by atoms with Crippen molar-refractivity contribution in [1.82, 2.24) is 0 Å². The Hall–Kier alpha value is -2.43. The van der Waals surface area contributed by atoms with E-state index < -0.39 is 46.8 Å². The number of aliphatic hydroxyl groups is 3. The first-order valence-corrected chi connectivity index (χ1v) is 14.4. The number of hydrogen-bond acceptors (Lipinski definition) is 5. The molecule has 0 amide bonds. The average molecular weight is 691 g/mol. The normalized spacial score (nSPS) is 14.8. The minimum atomic E-state index is -4.68. The molecule has 1 fully saturated rings. The first-order chi connectivity index (χ1) is 21.3. The molecule has 4 atom stereocenters. The number of ether oxygens (including phenoxy) is 2. The standard InChI is InChI=1S/C14H16F3NO2.C8H3F4N.C6H14O2.C4H8O.Na.H/c1-9(19)4-5-10(2)20-11-6-7-13(18-3)12(8-11)14(15,16)17;1-13-7-3-2-5(9)4-6(7)8(10,11)12;1-5(7)3-4-6(2)8;1-2-4-5-3-1;;/h6-10,19H,4-5H2,1-2H3;2-4H;5-8H,3-4H2,1-2H3;1-4H2;;/q;;;;+1;-1/t9-,10-;;5-,6-;;;/m0.0.../s1. The number of alkyl halides is 6. The van der Waals surface area contributed by atoms with E-state index in [2.05, 4.69) is 9.69 Å². The quantitative estimate of drug-likeness (QED) is 0.179. The number of rotatable bonds is 8. The minimum Gasteiger partial charge on any atom is -1.00 e. The van der Waals surface area contributed by atoms with Crippen molar-refractivity contribution in [2.24, 2.45) is 0 Å². The van der Waals surface area contributed by atoms with Crippen molar-refractivity contribution in [1.29, 1.82) is 0 Å². The van der Waals surface area contributed by atoms with Crippen molar-refractivity contribution >= 4 is 11.4 Å². The van der Waals surface area contributed by atoms with Gasteiger partial charge >= 0.3 is 41.9 Å². The Kier molecular flexibility index (Phi) is 23.7. The third kappa shape index (κ3) is 21.9. The summed E-state index contributed by atoms with van der Waals surface area (Å²) >= 11 is 0. The molecule has 2 aromatic rings. The molecule has 0 spiro atoms. The molecule has 1 aliphatic rings. The first kappa shape index (κ1) is 46.7. The first-order valence-electron chi connectivity index (χ1n) is 14.4. The van der Waals surface area contributed by atoms with Crippen molar-refractivity contribution in [3.8, 4) is 5.75 Å². The molecule has 3 N–H and O–H groups in total. The summed E-state index contributed by atoms with van der Waals surface area (Å²) in [7, 11) is 0. The predicted octanol–water partition coefficient (Wildman–Crippen LogP) is 6.02. The Labute approximate surface area is 295 Å². The zero-order chi connectivity index (χ0) is 35.5. The third-order valence-electron chi connectivity index (χ3n) is 5.94. The van der Waals surface area contributed by atoms with E-state index in [0.29, 0.717) is 31.7 Å². The Morgan fingerprint density at radius 1 is 0.745 bits per heavy atom. The Morgan fingerprint density at radius 2 is 1.15 bits per heavy atom. The molecule has 0 unspecified atom stereocenters. The van der Waals surface area contributed by atoms with Crippen LogP contribution < -0.4 is 34.3 Å². The van der Waals surface area contributed by atoms with Crippen molar-refractivity contribution in [3.05, 3.63) is 76.2 Å². The van der Waals surface area contributed by atoms with Crippen molar-refractivity contribution < 1.29 is 86.5 Å². The van der Waals surface area contributed by atoms with E-state index in [1.807, 2.05) is 0 Å². The third-order valence-corrected chi connectivity index (χ3v) is 5.94. The fourth-order valence-corrected chi connectivity index (χ4v) is 3.51. The molecule has 2 aromatic carbocycles. The fraction of sp³-hybridized carbons (Fsp3) is 0.562. The molecule has 1 heterocycles. The SMILES string of the molecule is C1CCOC1.C[C@H](O)CC[C@H](C)O.[C-]#[N+]c1ccc(F)cc1C(F)(F)F.[C-]#[N+]c1ccc(O[C@@H](C)CC[C@H](C)O)cc1C(F)(F)F.[H-].[Na+]. The summed E-state index contributed by atoms with van der Waals surface area (Å²) in [5, 5.41) is 26.5. The van der Waals surface area contributed by atoms with Crippen LogP contribution in [0.3, 0.4) is 0 Å². The summed E-state index contributed by atoms with van der Waals surface area (Å²) in [6.07, 6.45) is -5.62. The maximum Gasteiger partial charge on any atom is 1.00 e. The number of aliphatic hydroxyl groups excluding tert-OH is 3. The van der Waals surface area contributed by atoms with E-state index in [0.717, 1.165) is 37.5 Å². The summed E-state index contributed by atoms with van der Waals surface area (Å²) < 4.78 is 97.4. The molecule has 1 saturated heterocycles. The van der Waals surface area contributed by atoms with Gasteiger partial charge in [0.05, 0.1) is 48.7 Å². The molecule has 0 bridgehead atoms. The summed E-state index contributed by atoms with van der Waals surface area (Å²) in [4.78, 5) is 5.50. The van der Waals surface area contributed by atoms with E-state index >= 15 is 0 Å². The monoisotopic (exact) mass is 690 g/mol. The molecule has 0 radical (unpaired) electrons. The van der Waals surface area contributed by atoms with Crippen LogP contribution in [0, 0.1) is 19.0 Å². The topological polar surface area (TPSA) is 87.9 Å². The molecule has 3 rings (SSSR count). The average Bonchev–Trinajstić information content (AvgIpc) is 3.55. The molecule has 47 heavy (non-hydrogen) atoms. The van der Waals surface area contributed by atoms with Gasteiger partial charge in [-0.05, 0) is 90.5 Å². The van der Waals surface area contributed by atoms with Crippen molar-refractivity contribution in [2.75, 3.05) is 13.2 Å². The van der Waals surface area contributed by atoms with Gasteiger partial charge in [0.25, 0.3) is 0 Å². The van der Waals surface area contributed by atoms with Crippen LogP contribution >= 0.6 is 0 Å². The van der Waals surface area contributed by atoms with Crippen LogP contribution in [0.25, 0.3) is 9.69 Å². The van der Waals surface area contributed by atoms with Gasteiger partial charge in [0, 0.05) is 13.2 Å². The number of benzene rings is 2. The Bertz CT molecular complexity index is 1230. The fourth-order valence-electron chi connectivity index (χ4n) is 3.51. The largest absolute Gasteiger partial charge is 1.00 e. The van der Waals surface area contributed by atoms with Gasteiger partial charge in [0.2, 0.25) is 0 Å². The van der Waals surface area contributed by atoms with Crippen LogP contribution in [0.4, 0.5) is 42.1 Å². The summed E-state index contributed by atoms with van der Waals surface area (Å²) in [5.74, 6) is -0.928. The zero-order valence-corrected chi connectivity index (χ0v) is 29.1. The molecular weight excluding hydrogens is 648 g/mol. The van der Waals surface area contributed by atoms with Gasteiger partial charge in [-0.1, -0.05) is 12.1 Å². The second-order valence-corrected chi connectivity index (χ2v) is 10.5. The van der Waals surface area contributed by atoms with Gasteiger partial charge in [-0.3, -0.25) is 0 Å². The van der Waals surface area contributed by atoms with Gasteiger partial charge in [0.15, 0.2) is 11.4 Å². The van der Waals surface area contributed by atoms with Crippen LogP contribution in [0.2, 0.25) is 0 Å². The molecule has 0 aromatic heterocycles. The van der Waals surface area contributed by atoms with Crippen LogP contribution in [0.15, 0.2) is 36.4 Å². The van der Waals surface area contributed by atoms with Crippen LogP contribution in [-0.2, 0) is 17.1 Å². The van der Waals surface area contributed by atoms with Crippen LogP contribution in [0.1, 0.15) is 78.8 Å². The molecule has 15 heteroatoms. The zero-order valence-electron chi connectivity index (χ0n) is 28.1. The van der Waals surface area contributed by atoms with E-state index in [-0.39, 0.29) is 55.0 Å². The molecule has 0 saturated carbocycles. The van der Waals surface area contributed by atoms with Crippen molar-refractivity contribution in [2.45, 2.75) is 103 Å². The Morgan fingerprint density at radius 3 is 1.51 bits per heavy atom. The number of hydrogen-bond donors (Lipinski definition) is 3. The molecular formula is C32H42F7N2NaO5. The Balaban J connectivity index is -0.000000620. The number of halogens is 7. The van der Waals surface area contributed by atoms with Gasteiger partial charge in [-0.25, -0.2) is 14.1 Å². The predicted molar refractivity (Wildman–Crippen MR) is 160 cm³/mol. The number of nitrogens with zero attached hydrogens (tertiary/aromatic N) is 2. The van der Waals surface area contributed by atoms with Crippen molar-refractivity contribution in [3.63, 3.8) is 0 Å². The summed E-state index contributed by atoms with van der Waals surface area (Å²) in [6.45, 7) is 22.0. The molecule has 1 aliphatic heterocycles. The smallest absolute Gasteiger partial charge is 1.00 e. The van der Waals surface area contributed by atoms with Gasteiger partial charge < -0.3 is 26.2 Å².